The maximum Gasteiger partial charge on any atom is 0.165 e. The normalized spacial score (nSPS) is 24.1. The molecule has 1 aliphatic rings. The van der Waals surface area contributed by atoms with E-state index in [1.807, 2.05) is 7.05 Å². The second-order valence-corrected chi connectivity index (χ2v) is 4.04. The van der Waals surface area contributed by atoms with Crippen molar-refractivity contribution >= 4 is 5.78 Å². The summed E-state index contributed by atoms with van der Waals surface area (Å²) in [6.07, 6.45) is 1.68. The van der Waals surface area contributed by atoms with Crippen molar-refractivity contribution in [1.82, 2.24) is 4.90 Å². The van der Waals surface area contributed by atoms with Crippen molar-refractivity contribution in [2.24, 2.45) is 5.92 Å². The summed E-state index contributed by atoms with van der Waals surface area (Å²) in [4.78, 5) is 14.1. The number of ketones is 1. The zero-order valence-corrected chi connectivity index (χ0v) is 9.45. The van der Waals surface area contributed by atoms with Crippen LogP contribution >= 0.6 is 0 Å². The predicted molar refractivity (Wildman–Crippen MR) is 56.3 cm³/mol. The molecule has 82 valence electrons. The largest absolute Gasteiger partial charge is 0.368 e. The quantitative estimate of drug-likeness (QED) is 0.684. The lowest BCUT2D eigenvalue weighted by atomic mass is 9.94. The lowest BCUT2D eigenvalue weighted by molar-refractivity contribution is -0.139. The van der Waals surface area contributed by atoms with Crippen molar-refractivity contribution in [1.29, 1.82) is 0 Å². The van der Waals surface area contributed by atoms with Gasteiger partial charge in [0.2, 0.25) is 0 Å². The monoisotopic (exact) mass is 199 g/mol. The second-order valence-electron chi connectivity index (χ2n) is 4.04. The molecule has 1 unspecified atom stereocenters. The SMILES string of the molecule is CCC(CC)C(=O)C1CN(C)CCO1. The number of rotatable bonds is 4. The lowest BCUT2D eigenvalue weighted by Gasteiger charge is -2.30. The molecule has 3 nitrogen and oxygen atoms in total. The minimum atomic E-state index is -0.182. The highest BCUT2D eigenvalue weighted by Gasteiger charge is 2.28. The molecule has 1 aliphatic heterocycles. The molecular formula is C11H21NO2. The third-order valence-electron chi connectivity index (χ3n) is 2.97. The molecule has 0 spiro atoms. The van der Waals surface area contributed by atoms with E-state index in [0.717, 1.165) is 25.9 Å². The number of carbonyl (C=O) groups is 1. The van der Waals surface area contributed by atoms with Crippen LogP contribution in [-0.4, -0.2) is 43.5 Å². The van der Waals surface area contributed by atoms with Crippen molar-refractivity contribution in [3.05, 3.63) is 0 Å². The summed E-state index contributed by atoms with van der Waals surface area (Å²) in [6.45, 7) is 6.52. The van der Waals surface area contributed by atoms with Gasteiger partial charge in [-0.1, -0.05) is 13.8 Å². The van der Waals surface area contributed by atoms with Crippen LogP contribution in [0, 0.1) is 5.92 Å². The average molecular weight is 199 g/mol. The van der Waals surface area contributed by atoms with Gasteiger partial charge in [0, 0.05) is 19.0 Å². The van der Waals surface area contributed by atoms with Crippen LogP contribution in [0.15, 0.2) is 0 Å². The molecule has 1 heterocycles. The molecule has 0 saturated carbocycles. The Bertz CT molecular complexity index is 190. The highest BCUT2D eigenvalue weighted by atomic mass is 16.5. The molecule has 0 aliphatic carbocycles. The van der Waals surface area contributed by atoms with Crippen molar-refractivity contribution in [3.8, 4) is 0 Å². The topological polar surface area (TPSA) is 29.5 Å². The van der Waals surface area contributed by atoms with Crippen molar-refractivity contribution in [3.63, 3.8) is 0 Å². The Hall–Kier alpha value is -0.410. The first-order valence-corrected chi connectivity index (χ1v) is 5.52. The minimum Gasteiger partial charge on any atom is -0.368 e. The number of morpholine rings is 1. The molecule has 1 atom stereocenters. The average Bonchev–Trinajstić information content (AvgIpc) is 2.19. The van der Waals surface area contributed by atoms with E-state index in [2.05, 4.69) is 18.7 Å². The molecule has 1 saturated heterocycles. The molecule has 0 amide bonds. The van der Waals surface area contributed by atoms with Gasteiger partial charge in [-0.25, -0.2) is 0 Å². The van der Waals surface area contributed by atoms with Gasteiger partial charge in [0.25, 0.3) is 0 Å². The van der Waals surface area contributed by atoms with Gasteiger partial charge in [0.1, 0.15) is 6.10 Å². The fraction of sp³-hybridized carbons (Fsp3) is 0.909. The number of likely N-dealkylation sites (N-methyl/N-ethyl adjacent to an activating group) is 1. The number of hydrogen-bond acceptors (Lipinski definition) is 3. The van der Waals surface area contributed by atoms with Crippen LogP contribution in [0.25, 0.3) is 0 Å². The summed E-state index contributed by atoms with van der Waals surface area (Å²) in [7, 11) is 2.04. The first-order chi connectivity index (χ1) is 6.69. The van der Waals surface area contributed by atoms with E-state index in [4.69, 9.17) is 4.74 Å². The molecule has 0 bridgehead atoms. The smallest absolute Gasteiger partial charge is 0.165 e. The maximum atomic E-state index is 12.0. The fourth-order valence-electron chi connectivity index (χ4n) is 1.90. The van der Waals surface area contributed by atoms with Gasteiger partial charge in [-0.05, 0) is 19.9 Å². The van der Waals surface area contributed by atoms with Gasteiger partial charge in [-0.2, -0.15) is 0 Å². The van der Waals surface area contributed by atoms with E-state index in [0.29, 0.717) is 12.4 Å². The van der Waals surface area contributed by atoms with Crippen LogP contribution in [0.2, 0.25) is 0 Å². The first kappa shape index (κ1) is 11.7. The zero-order valence-electron chi connectivity index (χ0n) is 9.45. The van der Waals surface area contributed by atoms with Gasteiger partial charge < -0.3 is 9.64 Å². The van der Waals surface area contributed by atoms with Crippen molar-refractivity contribution < 1.29 is 9.53 Å². The van der Waals surface area contributed by atoms with E-state index in [1.165, 1.54) is 0 Å². The molecule has 0 radical (unpaired) electrons. The number of nitrogens with zero attached hydrogens (tertiary/aromatic N) is 1. The van der Waals surface area contributed by atoms with Crippen LogP contribution in [-0.2, 0) is 9.53 Å². The summed E-state index contributed by atoms with van der Waals surface area (Å²) in [6, 6.07) is 0. The van der Waals surface area contributed by atoms with Gasteiger partial charge >= 0.3 is 0 Å². The molecule has 1 fully saturated rings. The number of hydrogen-bond donors (Lipinski definition) is 0. The minimum absolute atomic E-state index is 0.182. The summed E-state index contributed by atoms with van der Waals surface area (Å²) in [5, 5.41) is 0. The molecule has 3 heteroatoms. The van der Waals surface area contributed by atoms with E-state index < -0.39 is 0 Å². The number of Topliss-reactive ketones (excluding diaryl/α,β-unsaturated/α-hetero) is 1. The van der Waals surface area contributed by atoms with Crippen molar-refractivity contribution in [2.45, 2.75) is 32.8 Å². The molecule has 0 aromatic rings. The first-order valence-electron chi connectivity index (χ1n) is 5.52. The standard InChI is InChI=1S/C11H21NO2/c1-4-9(5-2)11(13)10-8-12(3)6-7-14-10/h9-10H,4-8H2,1-3H3. The van der Waals surface area contributed by atoms with Gasteiger partial charge in [-0.15, -0.1) is 0 Å². The van der Waals surface area contributed by atoms with Crippen LogP contribution in [0.3, 0.4) is 0 Å². The third-order valence-corrected chi connectivity index (χ3v) is 2.97. The van der Waals surface area contributed by atoms with Gasteiger partial charge in [0.05, 0.1) is 6.61 Å². The Morgan fingerprint density at radius 3 is 2.64 bits per heavy atom. The third kappa shape index (κ3) is 2.79. The van der Waals surface area contributed by atoms with Gasteiger partial charge in [-0.3, -0.25) is 4.79 Å². The van der Waals surface area contributed by atoms with Crippen LogP contribution < -0.4 is 0 Å². The van der Waals surface area contributed by atoms with Gasteiger partial charge in [0.15, 0.2) is 5.78 Å². The van der Waals surface area contributed by atoms with E-state index >= 15 is 0 Å². The predicted octanol–water partition coefficient (Wildman–Crippen LogP) is 1.32. The Balaban J connectivity index is 2.50. The molecule has 0 aromatic carbocycles. The van der Waals surface area contributed by atoms with Crippen LogP contribution in [0.5, 0.6) is 0 Å². The number of carbonyl (C=O) groups excluding carboxylic acids is 1. The molecule has 0 aromatic heterocycles. The Labute approximate surface area is 86.4 Å². The molecule has 1 rings (SSSR count). The Morgan fingerprint density at radius 1 is 1.50 bits per heavy atom. The second kappa shape index (κ2) is 5.47. The molecular weight excluding hydrogens is 178 g/mol. The Kier molecular flexibility index (Phi) is 4.55. The van der Waals surface area contributed by atoms with Crippen molar-refractivity contribution in [2.75, 3.05) is 26.7 Å². The summed E-state index contributed by atoms with van der Waals surface area (Å²) in [5.41, 5.74) is 0. The highest BCUT2D eigenvalue weighted by molar-refractivity contribution is 5.85. The summed E-state index contributed by atoms with van der Waals surface area (Å²) in [5.74, 6) is 0.480. The van der Waals surface area contributed by atoms with Crippen LogP contribution in [0.1, 0.15) is 26.7 Å². The van der Waals surface area contributed by atoms with E-state index in [1.54, 1.807) is 0 Å². The van der Waals surface area contributed by atoms with E-state index in [9.17, 15) is 4.79 Å². The lowest BCUT2D eigenvalue weighted by Crippen LogP contribution is -2.45. The Morgan fingerprint density at radius 2 is 2.14 bits per heavy atom. The van der Waals surface area contributed by atoms with Crippen LogP contribution in [0.4, 0.5) is 0 Å². The molecule has 14 heavy (non-hydrogen) atoms. The number of ether oxygens (including phenoxy) is 1. The zero-order chi connectivity index (χ0) is 10.6. The fourth-order valence-corrected chi connectivity index (χ4v) is 1.90. The highest BCUT2D eigenvalue weighted by Crippen LogP contribution is 2.15. The molecule has 0 N–H and O–H groups in total. The van der Waals surface area contributed by atoms with E-state index in [-0.39, 0.29) is 12.0 Å². The summed E-state index contributed by atoms with van der Waals surface area (Å²) >= 11 is 0. The maximum absolute atomic E-state index is 12.0. The summed E-state index contributed by atoms with van der Waals surface area (Å²) < 4.78 is 5.50.